The van der Waals surface area contributed by atoms with Gasteiger partial charge >= 0.3 is 6.18 Å². The maximum Gasteiger partial charge on any atom is 0.407 e. The third kappa shape index (κ3) is 2.82. The van der Waals surface area contributed by atoms with Crippen LogP contribution >= 0.6 is 27.3 Å². The van der Waals surface area contributed by atoms with E-state index in [1.165, 1.54) is 0 Å². The van der Waals surface area contributed by atoms with Crippen LogP contribution in [0.15, 0.2) is 14.7 Å². The normalized spacial score (nSPS) is 18.6. The zero-order chi connectivity index (χ0) is 14.5. The van der Waals surface area contributed by atoms with Gasteiger partial charge in [0.1, 0.15) is 10.4 Å². The zero-order valence-electron chi connectivity index (χ0n) is 9.29. The van der Waals surface area contributed by atoms with Gasteiger partial charge in [-0.05, 0) is 34.8 Å². The predicted octanol–water partition coefficient (Wildman–Crippen LogP) is 2.38. The minimum absolute atomic E-state index is 0.169. The van der Waals surface area contributed by atoms with E-state index in [1.807, 2.05) is 0 Å². The molecule has 0 unspecified atom stereocenters. The van der Waals surface area contributed by atoms with Gasteiger partial charge in [0.2, 0.25) is 10.0 Å². The van der Waals surface area contributed by atoms with E-state index in [9.17, 15) is 21.6 Å². The SMILES string of the molecule is O=S(=O)(NC1(C(F)(F)F)CC1)c1cc(CO)sc1Br. The zero-order valence-corrected chi connectivity index (χ0v) is 12.5. The molecule has 1 aliphatic carbocycles. The van der Waals surface area contributed by atoms with Gasteiger partial charge < -0.3 is 5.11 Å². The van der Waals surface area contributed by atoms with Gasteiger partial charge in [-0.2, -0.15) is 17.9 Å². The molecule has 0 radical (unpaired) electrons. The van der Waals surface area contributed by atoms with Crippen molar-refractivity contribution in [2.24, 2.45) is 0 Å². The number of aliphatic hydroxyl groups excluding tert-OH is 1. The Kier molecular flexibility index (Phi) is 3.76. The Morgan fingerprint density at radius 3 is 2.42 bits per heavy atom. The van der Waals surface area contributed by atoms with Crippen LogP contribution in [0.5, 0.6) is 0 Å². The summed E-state index contributed by atoms with van der Waals surface area (Å²) in [5.74, 6) is 0. The number of hydrogen-bond donors (Lipinski definition) is 2. The summed E-state index contributed by atoms with van der Waals surface area (Å²) in [6.45, 7) is -0.372. The number of alkyl halides is 3. The lowest BCUT2D eigenvalue weighted by atomic mass is 10.3. The fourth-order valence-corrected chi connectivity index (χ4v) is 5.53. The summed E-state index contributed by atoms with van der Waals surface area (Å²) in [5, 5.41) is 8.91. The lowest BCUT2D eigenvalue weighted by Crippen LogP contribution is -2.47. The molecule has 4 nitrogen and oxygen atoms in total. The summed E-state index contributed by atoms with van der Waals surface area (Å²) < 4.78 is 64.0. The third-order valence-electron chi connectivity index (χ3n) is 2.77. The van der Waals surface area contributed by atoms with Crippen molar-refractivity contribution in [3.63, 3.8) is 0 Å². The van der Waals surface area contributed by atoms with Gasteiger partial charge in [0, 0.05) is 4.88 Å². The Labute approximate surface area is 119 Å². The largest absolute Gasteiger partial charge is 0.407 e. The number of halogens is 4. The highest BCUT2D eigenvalue weighted by Crippen LogP contribution is 2.50. The highest BCUT2D eigenvalue weighted by Gasteiger charge is 2.65. The molecular weight excluding hydrogens is 371 g/mol. The van der Waals surface area contributed by atoms with Crippen molar-refractivity contribution in [2.45, 2.75) is 36.1 Å². The molecule has 2 N–H and O–H groups in total. The molecule has 1 fully saturated rings. The summed E-state index contributed by atoms with van der Waals surface area (Å²) in [4.78, 5) is 0.0705. The molecule has 2 rings (SSSR count). The van der Waals surface area contributed by atoms with Crippen LogP contribution in [-0.2, 0) is 16.6 Å². The minimum Gasteiger partial charge on any atom is -0.391 e. The van der Waals surface area contributed by atoms with E-state index in [1.54, 1.807) is 4.72 Å². The van der Waals surface area contributed by atoms with Crippen LogP contribution in [0.4, 0.5) is 13.2 Å². The Balaban J connectivity index is 2.31. The van der Waals surface area contributed by atoms with E-state index in [4.69, 9.17) is 5.11 Å². The Morgan fingerprint density at radius 1 is 1.47 bits per heavy atom. The summed E-state index contributed by atoms with van der Waals surface area (Å²) in [6.07, 6.45) is -5.13. The van der Waals surface area contributed by atoms with Gasteiger partial charge in [-0.25, -0.2) is 8.42 Å². The fraction of sp³-hybridized carbons (Fsp3) is 0.556. The Hall–Kier alpha value is -0.160. The number of hydrogen-bond acceptors (Lipinski definition) is 4. The molecule has 0 aliphatic heterocycles. The van der Waals surface area contributed by atoms with Crippen LogP contribution in [0, 0.1) is 0 Å². The average Bonchev–Trinajstić information content (AvgIpc) is 2.92. The van der Waals surface area contributed by atoms with E-state index in [0.717, 1.165) is 17.4 Å². The smallest absolute Gasteiger partial charge is 0.391 e. The van der Waals surface area contributed by atoms with Crippen molar-refractivity contribution >= 4 is 37.3 Å². The first-order chi connectivity index (χ1) is 8.61. The lowest BCUT2D eigenvalue weighted by Gasteiger charge is -2.20. The first kappa shape index (κ1) is 15.2. The van der Waals surface area contributed by atoms with Gasteiger partial charge in [-0.15, -0.1) is 11.3 Å². The van der Waals surface area contributed by atoms with Crippen LogP contribution < -0.4 is 4.72 Å². The summed E-state index contributed by atoms with van der Waals surface area (Å²) >= 11 is 3.94. The Bertz CT molecular complexity index is 592. The maximum absolute atomic E-state index is 12.7. The molecule has 1 saturated carbocycles. The fourth-order valence-electron chi connectivity index (χ4n) is 1.54. The van der Waals surface area contributed by atoms with Crippen molar-refractivity contribution in [2.75, 3.05) is 0 Å². The molecule has 0 spiro atoms. The first-order valence-electron chi connectivity index (χ1n) is 5.11. The van der Waals surface area contributed by atoms with Gasteiger partial charge in [0.25, 0.3) is 0 Å². The molecular formula is C9H9BrF3NO3S2. The van der Waals surface area contributed by atoms with E-state index < -0.39 is 21.7 Å². The summed E-state index contributed by atoms with van der Waals surface area (Å²) in [6, 6.07) is 1.16. The molecule has 108 valence electrons. The molecule has 0 bridgehead atoms. The van der Waals surface area contributed by atoms with Crippen LogP contribution in [-0.4, -0.2) is 25.2 Å². The van der Waals surface area contributed by atoms with E-state index >= 15 is 0 Å². The number of thiophene rings is 1. The number of sulfonamides is 1. The van der Waals surface area contributed by atoms with Gasteiger partial charge in [0.15, 0.2) is 0 Å². The topological polar surface area (TPSA) is 66.4 Å². The molecule has 0 aromatic carbocycles. The number of rotatable bonds is 4. The average molecular weight is 380 g/mol. The lowest BCUT2D eigenvalue weighted by molar-refractivity contribution is -0.160. The molecule has 19 heavy (non-hydrogen) atoms. The monoisotopic (exact) mass is 379 g/mol. The number of aliphatic hydroxyl groups is 1. The second-order valence-electron chi connectivity index (χ2n) is 4.19. The van der Waals surface area contributed by atoms with E-state index in [0.29, 0.717) is 4.88 Å². The van der Waals surface area contributed by atoms with Crippen molar-refractivity contribution in [3.8, 4) is 0 Å². The van der Waals surface area contributed by atoms with E-state index in [-0.39, 0.29) is 28.1 Å². The second-order valence-corrected chi connectivity index (χ2v) is 8.30. The van der Waals surface area contributed by atoms with E-state index in [2.05, 4.69) is 15.9 Å². The summed E-state index contributed by atoms with van der Waals surface area (Å²) in [5.41, 5.74) is -2.34. The molecule has 0 amide bonds. The predicted molar refractivity (Wildman–Crippen MR) is 66.3 cm³/mol. The molecule has 1 heterocycles. The number of nitrogens with one attached hydrogen (secondary N) is 1. The van der Waals surface area contributed by atoms with Crippen LogP contribution in [0.1, 0.15) is 17.7 Å². The van der Waals surface area contributed by atoms with Gasteiger partial charge in [0.05, 0.1) is 10.4 Å². The first-order valence-corrected chi connectivity index (χ1v) is 8.20. The second kappa shape index (κ2) is 4.69. The maximum atomic E-state index is 12.7. The molecule has 10 heteroatoms. The third-order valence-corrected chi connectivity index (χ3v) is 6.55. The molecule has 1 aromatic heterocycles. The van der Waals surface area contributed by atoms with Crippen LogP contribution in [0.2, 0.25) is 0 Å². The van der Waals surface area contributed by atoms with Crippen molar-refractivity contribution in [3.05, 3.63) is 14.7 Å². The quantitative estimate of drug-likeness (QED) is 0.843. The standard InChI is InChI=1S/C9H9BrF3NO3S2/c10-7-6(3-5(4-15)18-7)19(16,17)14-8(1-2-8)9(11,12)13/h3,14-15H,1-2,4H2. The molecule has 1 aromatic rings. The van der Waals surface area contributed by atoms with Crippen molar-refractivity contribution in [1.82, 2.24) is 4.72 Å². The van der Waals surface area contributed by atoms with Crippen molar-refractivity contribution in [1.29, 1.82) is 0 Å². The summed E-state index contributed by atoms with van der Waals surface area (Å²) in [7, 11) is -4.28. The highest BCUT2D eigenvalue weighted by molar-refractivity contribution is 9.11. The molecule has 0 atom stereocenters. The van der Waals surface area contributed by atoms with Gasteiger partial charge in [-0.3, -0.25) is 0 Å². The van der Waals surface area contributed by atoms with Crippen LogP contribution in [0.3, 0.4) is 0 Å². The Morgan fingerprint density at radius 2 is 2.05 bits per heavy atom. The van der Waals surface area contributed by atoms with Crippen LogP contribution in [0.25, 0.3) is 0 Å². The van der Waals surface area contributed by atoms with Crippen molar-refractivity contribution < 1.29 is 26.7 Å². The molecule has 0 saturated heterocycles. The highest BCUT2D eigenvalue weighted by atomic mass is 79.9. The molecule has 1 aliphatic rings. The minimum atomic E-state index is -4.61. The van der Waals surface area contributed by atoms with Gasteiger partial charge in [-0.1, -0.05) is 0 Å².